The van der Waals surface area contributed by atoms with Crippen LogP contribution in [0.5, 0.6) is 0 Å². The van der Waals surface area contributed by atoms with Gasteiger partial charge in [0.1, 0.15) is 11.7 Å². The summed E-state index contributed by atoms with van der Waals surface area (Å²) in [6, 6.07) is 10.2. The molecule has 9 heteroatoms. The van der Waals surface area contributed by atoms with Crippen LogP contribution < -0.4 is 4.90 Å². The van der Waals surface area contributed by atoms with Crippen molar-refractivity contribution in [3.05, 3.63) is 63.3 Å². The van der Waals surface area contributed by atoms with E-state index in [1.807, 2.05) is 29.8 Å². The Kier molecular flexibility index (Phi) is 8.31. The molecule has 1 aromatic heterocycles. The van der Waals surface area contributed by atoms with Gasteiger partial charge in [0.2, 0.25) is 5.91 Å². The summed E-state index contributed by atoms with van der Waals surface area (Å²) < 4.78 is 2.73. The lowest BCUT2D eigenvalue weighted by atomic mass is 9.97. The molecule has 3 heterocycles. The lowest BCUT2D eigenvalue weighted by molar-refractivity contribution is -0.133. The maximum atomic E-state index is 13.5. The van der Waals surface area contributed by atoms with Gasteiger partial charge in [0.25, 0.3) is 5.91 Å². The van der Waals surface area contributed by atoms with Crippen LogP contribution in [0.15, 0.2) is 41.0 Å². The Bertz CT molecular complexity index is 1390. The molecule has 40 heavy (non-hydrogen) atoms. The molecule has 3 aromatic rings. The normalized spacial score (nSPS) is 18.1. The van der Waals surface area contributed by atoms with E-state index in [2.05, 4.69) is 82.2 Å². The highest BCUT2D eigenvalue weighted by Gasteiger charge is 2.39. The first-order valence-electron chi connectivity index (χ1n) is 14.4. The van der Waals surface area contributed by atoms with Crippen LogP contribution in [0.2, 0.25) is 0 Å². The van der Waals surface area contributed by atoms with Crippen LogP contribution in [0.25, 0.3) is 11.3 Å². The first-order chi connectivity index (χ1) is 19.2. The monoisotopic (exact) mass is 606 g/mol. The lowest BCUT2D eigenvalue weighted by Crippen LogP contribution is -2.48. The Morgan fingerprint density at radius 1 is 1.00 bits per heavy atom. The molecular weight excluding hydrogens is 568 g/mol. The molecule has 0 N–H and O–H groups in total. The molecule has 212 valence electrons. The molecule has 2 saturated heterocycles. The Morgan fingerprint density at radius 2 is 1.68 bits per heavy atom. The van der Waals surface area contributed by atoms with Crippen LogP contribution in [0, 0.1) is 20.8 Å². The zero-order chi connectivity index (χ0) is 28.6. The Hall–Kier alpha value is -3.20. The highest BCUT2D eigenvalue weighted by Crippen LogP contribution is 2.32. The number of halogens is 1. The van der Waals surface area contributed by atoms with E-state index in [1.54, 1.807) is 4.68 Å². The molecule has 0 saturated carbocycles. The predicted octanol–water partition coefficient (Wildman–Crippen LogP) is 5.56. The summed E-state index contributed by atoms with van der Waals surface area (Å²) in [6.45, 7) is 14.3. The molecule has 0 bridgehead atoms. The van der Waals surface area contributed by atoms with Gasteiger partial charge in [-0.25, -0.2) is 4.68 Å². The molecular formula is C31H39BrN6O2. The molecule has 2 aliphatic heterocycles. The number of carbonyl (C=O) groups excluding carboxylic acids is 2. The third kappa shape index (κ3) is 5.28. The number of benzene rings is 2. The number of aryl methyl sites for hydroxylation is 2. The number of hydrogen-bond donors (Lipinski definition) is 0. The maximum absolute atomic E-state index is 13.5. The Balaban J connectivity index is 1.21. The maximum Gasteiger partial charge on any atom is 0.254 e. The van der Waals surface area contributed by atoms with Crippen LogP contribution in [0.3, 0.4) is 0 Å². The van der Waals surface area contributed by atoms with Gasteiger partial charge in [-0.15, -0.1) is 5.10 Å². The summed E-state index contributed by atoms with van der Waals surface area (Å²) in [5.41, 5.74) is 6.89. The molecule has 0 aliphatic carbocycles. The van der Waals surface area contributed by atoms with Crippen molar-refractivity contribution in [3.63, 3.8) is 0 Å². The Labute approximate surface area is 245 Å². The van der Waals surface area contributed by atoms with Gasteiger partial charge in [-0.1, -0.05) is 39.3 Å². The number of hydrogen-bond acceptors (Lipinski definition) is 5. The van der Waals surface area contributed by atoms with E-state index in [0.717, 1.165) is 70.3 Å². The fourth-order valence-corrected chi connectivity index (χ4v) is 6.63. The van der Waals surface area contributed by atoms with Gasteiger partial charge in [-0.05, 0) is 82.7 Å². The lowest BCUT2D eigenvalue weighted by Gasteiger charge is -2.37. The minimum absolute atomic E-state index is 0.0834. The van der Waals surface area contributed by atoms with Crippen LogP contribution in [-0.4, -0.2) is 75.4 Å². The first-order valence-corrected chi connectivity index (χ1v) is 15.2. The first kappa shape index (κ1) is 28.3. The summed E-state index contributed by atoms with van der Waals surface area (Å²) in [5, 5.41) is 8.73. The molecule has 0 radical (unpaired) electrons. The summed E-state index contributed by atoms with van der Waals surface area (Å²) in [6.07, 6.45) is 4.19. The van der Waals surface area contributed by atoms with Crippen LogP contribution in [0.1, 0.15) is 66.2 Å². The topological polar surface area (TPSA) is 74.6 Å². The average molecular weight is 608 g/mol. The highest BCUT2D eigenvalue weighted by atomic mass is 79.9. The van der Waals surface area contributed by atoms with Crippen molar-refractivity contribution in [2.45, 2.75) is 66.0 Å². The molecule has 2 aromatic carbocycles. The summed E-state index contributed by atoms with van der Waals surface area (Å²) >= 11 is 3.64. The minimum Gasteiger partial charge on any atom is -0.372 e. The molecule has 2 fully saturated rings. The fraction of sp³-hybridized carbons (Fsp3) is 0.484. The number of rotatable bonds is 7. The van der Waals surface area contributed by atoms with Gasteiger partial charge in [-0.3, -0.25) is 9.59 Å². The van der Waals surface area contributed by atoms with Gasteiger partial charge in [0.05, 0.1) is 6.20 Å². The van der Waals surface area contributed by atoms with Gasteiger partial charge in [0, 0.05) is 60.1 Å². The van der Waals surface area contributed by atoms with E-state index in [-0.39, 0.29) is 23.9 Å². The third-order valence-electron chi connectivity index (χ3n) is 8.62. The zero-order valence-electron chi connectivity index (χ0n) is 24.2. The standard InChI is InChI=1S/C31H39BrN6O2/c1-6-35(7-2)24-10-8-23(9-11-24)26-19-38(34-33-26)27-14-17-37(30(27)39)25-12-15-36(16-13-25)31(40)28-20(3)18-21(4)29(32)22(28)5/h8-11,18-19,25,27H,6-7,12-17H2,1-5H3. The van der Waals surface area contributed by atoms with E-state index in [4.69, 9.17) is 0 Å². The number of anilines is 1. The molecule has 5 rings (SSSR count). The van der Waals surface area contributed by atoms with Gasteiger partial charge in [-0.2, -0.15) is 0 Å². The number of likely N-dealkylation sites (tertiary alicyclic amines) is 2. The highest BCUT2D eigenvalue weighted by molar-refractivity contribution is 9.10. The van der Waals surface area contributed by atoms with Crippen molar-refractivity contribution in [2.24, 2.45) is 0 Å². The van der Waals surface area contributed by atoms with Crippen molar-refractivity contribution in [1.29, 1.82) is 0 Å². The average Bonchev–Trinajstić information content (AvgIpc) is 3.60. The zero-order valence-corrected chi connectivity index (χ0v) is 25.7. The summed E-state index contributed by atoms with van der Waals surface area (Å²) in [5.74, 6) is 0.187. The van der Waals surface area contributed by atoms with Crippen molar-refractivity contribution in [2.75, 3.05) is 37.6 Å². The molecule has 1 atom stereocenters. The molecule has 2 amide bonds. The van der Waals surface area contributed by atoms with Crippen LogP contribution in [0.4, 0.5) is 5.69 Å². The van der Waals surface area contributed by atoms with Crippen LogP contribution in [-0.2, 0) is 4.79 Å². The van der Waals surface area contributed by atoms with Crippen molar-refractivity contribution < 1.29 is 9.59 Å². The van der Waals surface area contributed by atoms with E-state index in [1.165, 1.54) is 5.69 Å². The number of carbonyl (C=O) groups is 2. The minimum atomic E-state index is -0.328. The largest absolute Gasteiger partial charge is 0.372 e. The quantitative estimate of drug-likeness (QED) is 0.352. The van der Waals surface area contributed by atoms with Crippen molar-refractivity contribution in [1.82, 2.24) is 24.8 Å². The SMILES string of the molecule is CCN(CC)c1ccc(-c2cn(C3CCN(C4CCN(C(=O)c5c(C)cc(C)c(Br)c5C)CC4)C3=O)nn2)cc1. The van der Waals surface area contributed by atoms with E-state index >= 15 is 0 Å². The molecule has 0 spiro atoms. The van der Waals surface area contributed by atoms with E-state index in [9.17, 15) is 9.59 Å². The Morgan fingerprint density at radius 3 is 2.33 bits per heavy atom. The van der Waals surface area contributed by atoms with Crippen LogP contribution >= 0.6 is 15.9 Å². The third-order valence-corrected chi connectivity index (χ3v) is 9.84. The summed E-state index contributed by atoms with van der Waals surface area (Å²) in [4.78, 5) is 33.2. The van der Waals surface area contributed by atoms with Gasteiger partial charge in [0.15, 0.2) is 0 Å². The second-order valence-electron chi connectivity index (χ2n) is 11.0. The molecule has 2 aliphatic rings. The fourth-order valence-electron chi connectivity index (χ4n) is 6.32. The number of piperidine rings is 1. The van der Waals surface area contributed by atoms with Crippen molar-refractivity contribution >= 4 is 33.4 Å². The second kappa shape index (κ2) is 11.7. The predicted molar refractivity (Wildman–Crippen MR) is 162 cm³/mol. The van der Waals surface area contributed by atoms with Crippen molar-refractivity contribution in [3.8, 4) is 11.3 Å². The molecule has 8 nitrogen and oxygen atoms in total. The van der Waals surface area contributed by atoms with Gasteiger partial charge >= 0.3 is 0 Å². The van der Waals surface area contributed by atoms with E-state index in [0.29, 0.717) is 19.6 Å². The molecule has 1 unspecified atom stereocenters. The number of nitrogens with zero attached hydrogens (tertiary/aromatic N) is 6. The smallest absolute Gasteiger partial charge is 0.254 e. The summed E-state index contributed by atoms with van der Waals surface area (Å²) in [7, 11) is 0. The second-order valence-corrected chi connectivity index (χ2v) is 11.8. The number of aromatic nitrogens is 3. The number of amides is 2. The van der Waals surface area contributed by atoms with E-state index < -0.39 is 0 Å². The van der Waals surface area contributed by atoms with Gasteiger partial charge < -0.3 is 14.7 Å².